The molecule has 0 aliphatic heterocycles. The topological polar surface area (TPSA) is 82.9 Å². The smallest absolute Gasteiger partial charge is 0.253 e. The van der Waals surface area contributed by atoms with E-state index in [0.717, 1.165) is 11.3 Å². The maximum absolute atomic E-state index is 12.2. The van der Waals surface area contributed by atoms with E-state index in [9.17, 15) is 9.90 Å². The second-order valence-corrected chi connectivity index (χ2v) is 5.16. The Labute approximate surface area is 135 Å². The first-order chi connectivity index (χ1) is 11.0. The van der Waals surface area contributed by atoms with Crippen molar-refractivity contribution in [1.29, 1.82) is 0 Å². The molecular formula is C17H20N2O4. The third-order valence-electron chi connectivity index (χ3n) is 3.40. The van der Waals surface area contributed by atoms with Crippen LogP contribution in [0, 0.1) is 0 Å². The normalized spacial score (nSPS) is 11.8. The number of aromatic nitrogens is 1. The quantitative estimate of drug-likeness (QED) is 0.836. The van der Waals surface area contributed by atoms with Crippen molar-refractivity contribution in [1.82, 2.24) is 9.88 Å². The van der Waals surface area contributed by atoms with Crippen LogP contribution in [0.4, 0.5) is 0 Å². The van der Waals surface area contributed by atoms with Crippen molar-refractivity contribution < 1.29 is 19.7 Å². The second-order valence-electron chi connectivity index (χ2n) is 5.16. The molecule has 2 rings (SSSR count). The first-order valence-electron chi connectivity index (χ1n) is 7.21. The fourth-order valence-corrected chi connectivity index (χ4v) is 2.15. The van der Waals surface area contributed by atoms with Gasteiger partial charge in [0.1, 0.15) is 0 Å². The summed E-state index contributed by atoms with van der Waals surface area (Å²) in [6.07, 6.45) is -0.941. The highest BCUT2D eigenvalue weighted by molar-refractivity contribution is 5.94. The SMILES string of the molecule is COc1cccc(-c2ccc(C(=O)N(C)C[C@H](O)CO)cc2)n1. The van der Waals surface area contributed by atoms with Crippen molar-refractivity contribution >= 4 is 5.91 Å². The van der Waals surface area contributed by atoms with Crippen LogP contribution in [-0.2, 0) is 0 Å². The fraction of sp³-hybridized carbons (Fsp3) is 0.294. The van der Waals surface area contributed by atoms with Crippen molar-refractivity contribution in [3.63, 3.8) is 0 Å². The standard InChI is InChI=1S/C17H20N2O4/c1-19(10-14(21)11-20)17(22)13-8-6-12(7-9-13)15-4-3-5-16(18-15)23-2/h3-9,14,20-21H,10-11H2,1-2H3/t14-/m0/s1. The number of carbonyl (C=O) groups is 1. The van der Waals surface area contributed by atoms with E-state index in [2.05, 4.69) is 4.98 Å². The van der Waals surface area contributed by atoms with E-state index < -0.39 is 6.10 Å². The Morgan fingerprint density at radius 1 is 1.26 bits per heavy atom. The van der Waals surface area contributed by atoms with Crippen LogP contribution in [0.5, 0.6) is 5.88 Å². The molecular weight excluding hydrogens is 296 g/mol. The number of methoxy groups -OCH3 is 1. The lowest BCUT2D eigenvalue weighted by Gasteiger charge is -2.19. The Morgan fingerprint density at radius 2 is 1.96 bits per heavy atom. The molecule has 1 amide bonds. The zero-order valence-electron chi connectivity index (χ0n) is 13.1. The van der Waals surface area contributed by atoms with Crippen molar-refractivity contribution in [2.24, 2.45) is 0 Å². The van der Waals surface area contributed by atoms with Crippen LogP contribution >= 0.6 is 0 Å². The Kier molecular flexibility index (Phi) is 5.67. The largest absolute Gasteiger partial charge is 0.481 e. The molecule has 0 saturated carbocycles. The van der Waals surface area contributed by atoms with Crippen LogP contribution in [0.1, 0.15) is 10.4 Å². The molecule has 1 atom stereocenters. The summed E-state index contributed by atoms with van der Waals surface area (Å²) >= 11 is 0. The van der Waals surface area contributed by atoms with Gasteiger partial charge in [0.05, 0.1) is 25.5 Å². The minimum atomic E-state index is -0.941. The molecule has 2 N–H and O–H groups in total. The molecule has 1 heterocycles. The first kappa shape index (κ1) is 16.9. The molecule has 0 saturated heterocycles. The number of pyridine rings is 1. The molecule has 0 bridgehead atoms. The van der Waals surface area contributed by atoms with E-state index in [1.807, 2.05) is 24.3 Å². The molecule has 1 aromatic carbocycles. The number of ether oxygens (including phenoxy) is 1. The highest BCUT2D eigenvalue weighted by Gasteiger charge is 2.15. The summed E-state index contributed by atoms with van der Waals surface area (Å²) in [5.41, 5.74) is 2.13. The maximum Gasteiger partial charge on any atom is 0.253 e. The minimum Gasteiger partial charge on any atom is -0.481 e. The molecule has 23 heavy (non-hydrogen) atoms. The molecule has 1 aromatic heterocycles. The fourth-order valence-electron chi connectivity index (χ4n) is 2.15. The van der Waals surface area contributed by atoms with Crippen LogP contribution in [-0.4, -0.2) is 59.4 Å². The summed E-state index contributed by atoms with van der Waals surface area (Å²) in [5, 5.41) is 18.2. The van der Waals surface area contributed by atoms with Crippen LogP contribution in [0.3, 0.4) is 0 Å². The van der Waals surface area contributed by atoms with Crippen LogP contribution in [0.2, 0.25) is 0 Å². The summed E-state index contributed by atoms with van der Waals surface area (Å²) in [7, 11) is 3.14. The molecule has 6 nitrogen and oxygen atoms in total. The number of benzene rings is 1. The van der Waals surface area contributed by atoms with E-state index in [0.29, 0.717) is 11.4 Å². The van der Waals surface area contributed by atoms with Crippen molar-refractivity contribution in [3.8, 4) is 17.1 Å². The predicted molar refractivity (Wildman–Crippen MR) is 86.3 cm³/mol. The van der Waals surface area contributed by atoms with Gasteiger partial charge in [-0.2, -0.15) is 0 Å². The Hall–Kier alpha value is -2.44. The maximum atomic E-state index is 12.2. The number of hydrogen-bond donors (Lipinski definition) is 2. The molecule has 0 fully saturated rings. The van der Waals surface area contributed by atoms with E-state index in [1.54, 1.807) is 32.4 Å². The molecule has 122 valence electrons. The predicted octanol–water partition coefficient (Wildman–Crippen LogP) is 1.18. The van der Waals surface area contributed by atoms with Gasteiger partial charge in [-0.3, -0.25) is 4.79 Å². The van der Waals surface area contributed by atoms with Gasteiger partial charge in [-0.1, -0.05) is 18.2 Å². The second kappa shape index (κ2) is 7.71. The highest BCUT2D eigenvalue weighted by atomic mass is 16.5. The highest BCUT2D eigenvalue weighted by Crippen LogP contribution is 2.20. The van der Waals surface area contributed by atoms with Gasteiger partial charge in [-0.25, -0.2) is 4.98 Å². The average Bonchev–Trinajstić information content (AvgIpc) is 2.61. The van der Waals surface area contributed by atoms with Gasteiger partial charge in [0.2, 0.25) is 5.88 Å². The summed E-state index contributed by atoms with van der Waals surface area (Å²) in [6, 6.07) is 12.5. The van der Waals surface area contributed by atoms with E-state index >= 15 is 0 Å². The third kappa shape index (κ3) is 4.28. The lowest BCUT2D eigenvalue weighted by molar-refractivity contribution is 0.0520. The number of rotatable bonds is 6. The number of amides is 1. The lowest BCUT2D eigenvalue weighted by atomic mass is 10.1. The molecule has 0 radical (unpaired) electrons. The van der Waals surface area contributed by atoms with Crippen molar-refractivity contribution in [3.05, 3.63) is 48.0 Å². The lowest BCUT2D eigenvalue weighted by Crippen LogP contribution is -2.35. The van der Waals surface area contributed by atoms with Gasteiger partial charge in [-0.05, 0) is 18.2 Å². The monoisotopic (exact) mass is 316 g/mol. The van der Waals surface area contributed by atoms with Gasteiger partial charge >= 0.3 is 0 Å². The van der Waals surface area contributed by atoms with Crippen LogP contribution in [0.15, 0.2) is 42.5 Å². The van der Waals surface area contributed by atoms with E-state index in [4.69, 9.17) is 9.84 Å². The molecule has 0 aliphatic rings. The van der Waals surface area contributed by atoms with E-state index in [1.165, 1.54) is 4.90 Å². The van der Waals surface area contributed by atoms with Gasteiger partial charge < -0.3 is 19.8 Å². The molecule has 0 unspecified atom stereocenters. The summed E-state index contributed by atoms with van der Waals surface area (Å²) in [4.78, 5) is 18.0. The van der Waals surface area contributed by atoms with Gasteiger partial charge in [0.25, 0.3) is 5.91 Å². The molecule has 0 aliphatic carbocycles. The minimum absolute atomic E-state index is 0.0779. The van der Waals surface area contributed by atoms with Crippen molar-refractivity contribution in [2.75, 3.05) is 27.3 Å². The zero-order valence-corrected chi connectivity index (χ0v) is 13.1. The van der Waals surface area contributed by atoms with Crippen molar-refractivity contribution in [2.45, 2.75) is 6.10 Å². The molecule has 0 spiro atoms. The van der Waals surface area contributed by atoms with E-state index in [-0.39, 0.29) is 19.1 Å². The van der Waals surface area contributed by atoms with Crippen LogP contribution in [0.25, 0.3) is 11.3 Å². The first-order valence-corrected chi connectivity index (χ1v) is 7.21. The summed E-state index contributed by atoms with van der Waals surface area (Å²) < 4.78 is 5.10. The number of carbonyl (C=O) groups excluding carboxylic acids is 1. The summed E-state index contributed by atoms with van der Waals surface area (Å²) in [5.74, 6) is 0.308. The number of aliphatic hydroxyl groups is 2. The van der Waals surface area contributed by atoms with Gasteiger partial charge in [0.15, 0.2) is 0 Å². The molecule has 6 heteroatoms. The zero-order chi connectivity index (χ0) is 16.8. The number of hydrogen-bond acceptors (Lipinski definition) is 5. The van der Waals surface area contributed by atoms with Gasteiger partial charge in [0, 0.05) is 30.8 Å². The van der Waals surface area contributed by atoms with Crippen LogP contribution < -0.4 is 4.74 Å². The van der Waals surface area contributed by atoms with Gasteiger partial charge in [-0.15, -0.1) is 0 Å². The Bertz CT molecular complexity index is 658. The summed E-state index contributed by atoms with van der Waals surface area (Å²) in [6.45, 7) is -0.299. The average molecular weight is 316 g/mol. The third-order valence-corrected chi connectivity index (χ3v) is 3.40. The number of likely N-dealkylation sites (N-methyl/N-ethyl adjacent to an activating group) is 1. The Morgan fingerprint density at radius 3 is 2.57 bits per heavy atom. The number of nitrogens with zero attached hydrogens (tertiary/aromatic N) is 2. The number of aliphatic hydroxyl groups excluding tert-OH is 2. The Balaban J connectivity index is 2.14. The molecule has 2 aromatic rings.